The number of hydrogen-bond donors (Lipinski definition) is 1. The summed E-state index contributed by atoms with van der Waals surface area (Å²) in [5.74, 6) is -1.02. The van der Waals surface area contributed by atoms with Gasteiger partial charge in [-0.1, -0.05) is 13.3 Å². The molecule has 0 spiro atoms. The smallest absolute Gasteiger partial charge is 0.306 e. The predicted octanol–water partition coefficient (Wildman–Crippen LogP) is 3.50. The first-order valence-electron chi connectivity index (χ1n) is 10.5. The highest BCUT2D eigenvalue weighted by Crippen LogP contribution is 2.17. The Balaban J connectivity index is 2.08. The number of carbonyl (C=O) groups is 1. The fraction of sp³-hybridized carbons (Fsp3) is 0.522. The summed E-state index contributed by atoms with van der Waals surface area (Å²) in [5.41, 5.74) is 4.29. The van der Waals surface area contributed by atoms with Crippen molar-refractivity contribution < 1.29 is 9.90 Å². The molecule has 7 heteroatoms. The van der Waals surface area contributed by atoms with E-state index >= 15 is 0 Å². The standard InChI is InChI=1S/C23H35N5O2/c1-18(23(29)30)8-6-7-13-28(16-19-14-21(26(2)3)9-11-24-19)17-20-15-22(27(4)5)10-12-25-20/h9-12,14-15,18H,6-8,13,16-17H2,1-5H3,(H,29,30)/t18-/m0/s1. The summed E-state index contributed by atoms with van der Waals surface area (Å²) in [6.45, 7) is 4.09. The first kappa shape index (κ1) is 23.6. The number of carboxylic acid groups (broad SMARTS) is 1. The van der Waals surface area contributed by atoms with Crippen LogP contribution in [-0.4, -0.2) is 60.7 Å². The van der Waals surface area contributed by atoms with Crippen LogP contribution in [0.3, 0.4) is 0 Å². The van der Waals surface area contributed by atoms with Gasteiger partial charge < -0.3 is 14.9 Å². The molecule has 2 heterocycles. The summed E-state index contributed by atoms with van der Waals surface area (Å²) in [6, 6.07) is 8.23. The van der Waals surface area contributed by atoms with Gasteiger partial charge in [-0.05, 0) is 43.7 Å². The molecule has 0 aromatic carbocycles. The molecule has 0 saturated heterocycles. The van der Waals surface area contributed by atoms with Gasteiger partial charge in [-0.3, -0.25) is 19.7 Å². The number of rotatable bonds is 12. The van der Waals surface area contributed by atoms with Gasteiger partial charge in [0, 0.05) is 65.0 Å². The molecule has 2 aromatic heterocycles. The average Bonchev–Trinajstić information content (AvgIpc) is 2.71. The SMILES string of the molecule is C[C@@H](CCCCN(Cc1cc(N(C)C)ccn1)Cc1cc(N(C)C)ccn1)C(=O)O. The molecule has 0 saturated carbocycles. The van der Waals surface area contributed by atoms with E-state index in [-0.39, 0.29) is 5.92 Å². The molecule has 0 aliphatic carbocycles. The number of unbranched alkanes of at least 4 members (excludes halogenated alkanes) is 1. The van der Waals surface area contributed by atoms with Gasteiger partial charge in [0.05, 0.1) is 17.3 Å². The molecule has 0 bridgehead atoms. The molecule has 0 amide bonds. The van der Waals surface area contributed by atoms with Gasteiger partial charge in [-0.2, -0.15) is 0 Å². The van der Waals surface area contributed by atoms with Gasteiger partial charge >= 0.3 is 5.97 Å². The lowest BCUT2D eigenvalue weighted by atomic mass is 10.0. The van der Waals surface area contributed by atoms with Gasteiger partial charge in [0.1, 0.15) is 0 Å². The lowest BCUT2D eigenvalue weighted by Gasteiger charge is -2.23. The second kappa shape index (κ2) is 11.5. The van der Waals surface area contributed by atoms with Crippen molar-refractivity contribution in [1.82, 2.24) is 14.9 Å². The number of carboxylic acids is 1. The molecule has 2 aromatic rings. The van der Waals surface area contributed by atoms with Gasteiger partial charge in [0.25, 0.3) is 0 Å². The largest absolute Gasteiger partial charge is 0.481 e. The molecular formula is C23H35N5O2. The Labute approximate surface area is 180 Å². The number of aromatic nitrogens is 2. The lowest BCUT2D eigenvalue weighted by molar-refractivity contribution is -0.141. The molecule has 0 radical (unpaired) electrons. The summed E-state index contributed by atoms with van der Waals surface area (Å²) in [5, 5.41) is 9.09. The van der Waals surface area contributed by atoms with Gasteiger partial charge in [0.2, 0.25) is 0 Å². The number of anilines is 2. The fourth-order valence-corrected chi connectivity index (χ4v) is 3.24. The topological polar surface area (TPSA) is 72.8 Å². The average molecular weight is 414 g/mol. The third-order valence-corrected chi connectivity index (χ3v) is 5.19. The Morgan fingerprint density at radius 1 is 0.933 bits per heavy atom. The first-order valence-corrected chi connectivity index (χ1v) is 10.5. The summed E-state index contributed by atoms with van der Waals surface area (Å²) in [4.78, 5) is 26.6. The van der Waals surface area contributed by atoms with Crippen LogP contribution in [0.5, 0.6) is 0 Å². The van der Waals surface area contributed by atoms with Crippen molar-refractivity contribution in [2.24, 2.45) is 5.92 Å². The van der Waals surface area contributed by atoms with Crippen LogP contribution in [0.15, 0.2) is 36.7 Å². The Hall–Kier alpha value is -2.67. The van der Waals surface area contributed by atoms with E-state index in [2.05, 4.69) is 36.8 Å². The van der Waals surface area contributed by atoms with Crippen LogP contribution < -0.4 is 9.80 Å². The molecule has 1 N–H and O–H groups in total. The minimum Gasteiger partial charge on any atom is -0.481 e. The second-order valence-corrected chi connectivity index (χ2v) is 8.25. The van der Waals surface area contributed by atoms with Crippen molar-refractivity contribution in [3.63, 3.8) is 0 Å². The van der Waals surface area contributed by atoms with Gasteiger partial charge in [-0.15, -0.1) is 0 Å². The van der Waals surface area contributed by atoms with Crippen LogP contribution in [0.4, 0.5) is 11.4 Å². The minimum atomic E-state index is -0.721. The van der Waals surface area contributed by atoms with E-state index in [9.17, 15) is 4.79 Å². The third kappa shape index (κ3) is 7.63. The Kier molecular flexibility index (Phi) is 9.05. The van der Waals surface area contributed by atoms with Crippen LogP contribution in [0, 0.1) is 5.92 Å². The maximum absolute atomic E-state index is 11.0. The van der Waals surface area contributed by atoms with E-state index in [0.29, 0.717) is 6.42 Å². The zero-order chi connectivity index (χ0) is 22.1. The van der Waals surface area contributed by atoms with Crippen molar-refractivity contribution in [3.05, 3.63) is 48.0 Å². The molecule has 30 heavy (non-hydrogen) atoms. The zero-order valence-corrected chi connectivity index (χ0v) is 18.9. The normalized spacial score (nSPS) is 12.1. The van der Waals surface area contributed by atoms with Crippen LogP contribution in [0.1, 0.15) is 37.6 Å². The van der Waals surface area contributed by atoms with E-state index in [1.807, 2.05) is 52.7 Å². The van der Waals surface area contributed by atoms with Gasteiger partial charge in [0.15, 0.2) is 0 Å². The Morgan fingerprint density at radius 2 is 1.43 bits per heavy atom. The van der Waals surface area contributed by atoms with Crippen molar-refractivity contribution in [3.8, 4) is 0 Å². The highest BCUT2D eigenvalue weighted by atomic mass is 16.4. The highest BCUT2D eigenvalue weighted by molar-refractivity contribution is 5.69. The number of pyridine rings is 2. The maximum Gasteiger partial charge on any atom is 0.306 e. The molecule has 0 fully saturated rings. The first-order chi connectivity index (χ1) is 14.3. The number of aliphatic carboxylic acids is 1. The van der Waals surface area contributed by atoms with Gasteiger partial charge in [-0.25, -0.2) is 0 Å². The highest BCUT2D eigenvalue weighted by Gasteiger charge is 2.13. The molecule has 1 atom stereocenters. The van der Waals surface area contributed by atoms with Crippen molar-refractivity contribution in [2.75, 3.05) is 44.5 Å². The fourth-order valence-electron chi connectivity index (χ4n) is 3.24. The maximum atomic E-state index is 11.0. The Bertz CT molecular complexity index is 756. The molecule has 0 unspecified atom stereocenters. The predicted molar refractivity (Wildman–Crippen MR) is 122 cm³/mol. The van der Waals surface area contributed by atoms with Crippen LogP contribution in [0.2, 0.25) is 0 Å². The molecule has 2 rings (SSSR count). The van der Waals surface area contributed by atoms with Crippen molar-refractivity contribution in [1.29, 1.82) is 0 Å². The lowest BCUT2D eigenvalue weighted by Crippen LogP contribution is -2.25. The quantitative estimate of drug-likeness (QED) is 0.534. The summed E-state index contributed by atoms with van der Waals surface area (Å²) in [7, 11) is 8.10. The third-order valence-electron chi connectivity index (χ3n) is 5.19. The van der Waals surface area contributed by atoms with E-state index in [1.54, 1.807) is 6.92 Å². The van der Waals surface area contributed by atoms with Crippen LogP contribution >= 0.6 is 0 Å². The monoisotopic (exact) mass is 413 g/mol. The van der Waals surface area contributed by atoms with E-state index in [4.69, 9.17) is 5.11 Å². The number of hydrogen-bond acceptors (Lipinski definition) is 6. The molecule has 0 aliphatic heterocycles. The molecule has 0 aliphatic rings. The zero-order valence-electron chi connectivity index (χ0n) is 18.9. The van der Waals surface area contributed by atoms with E-state index in [1.165, 1.54) is 0 Å². The minimum absolute atomic E-state index is 0.296. The van der Waals surface area contributed by atoms with E-state index < -0.39 is 5.97 Å². The summed E-state index contributed by atoms with van der Waals surface area (Å²) >= 11 is 0. The van der Waals surface area contributed by atoms with Crippen molar-refractivity contribution in [2.45, 2.75) is 39.3 Å². The van der Waals surface area contributed by atoms with Crippen LogP contribution in [0.25, 0.3) is 0 Å². The van der Waals surface area contributed by atoms with Crippen molar-refractivity contribution >= 4 is 17.3 Å². The van der Waals surface area contributed by atoms with Crippen LogP contribution in [-0.2, 0) is 17.9 Å². The molecule has 164 valence electrons. The van der Waals surface area contributed by atoms with E-state index in [0.717, 1.165) is 55.2 Å². The molecule has 7 nitrogen and oxygen atoms in total. The Morgan fingerprint density at radius 3 is 1.87 bits per heavy atom. The summed E-state index contributed by atoms with van der Waals surface area (Å²) in [6.07, 6.45) is 6.23. The summed E-state index contributed by atoms with van der Waals surface area (Å²) < 4.78 is 0. The second-order valence-electron chi connectivity index (χ2n) is 8.25. The number of nitrogens with zero attached hydrogens (tertiary/aromatic N) is 5. The molecular weight excluding hydrogens is 378 g/mol.